The molecular formula is C8H8N4O2. The Balaban J connectivity index is 2.63. The lowest BCUT2D eigenvalue weighted by molar-refractivity contribution is 0.575. The average molecular weight is 192 g/mol. The number of hydrogen-bond acceptors (Lipinski definition) is 5. The molecule has 6 heteroatoms. The van der Waals surface area contributed by atoms with Gasteiger partial charge in [-0.15, -0.1) is 0 Å². The summed E-state index contributed by atoms with van der Waals surface area (Å²) in [5.74, 6) is 0.723. The molecule has 0 amide bonds. The summed E-state index contributed by atoms with van der Waals surface area (Å²) in [5.41, 5.74) is 5.67. The molecule has 0 aliphatic heterocycles. The van der Waals surface area contributed by atoms with Crippen LogP contribution >= 0.6 is 0 Å². The number of furan rings is 1. The predicted molar refractivity (Wildman–Crippen MR) is 49.5 cm³/mol. The summed E-state index contributed by atoms with van der Waals surface area (Å²) in [6.45, 7) is 1.84. The monoisotopic (exact) mass is 192 g/mol. The first-order valence-electron chi connectivity index (χ1n) is 3.95. The van der Waals surface area contributed by atoms with Gasteiger partial charge in [-0.2, -0.15) is 9.97 Å². The predicted octanol–water partition coefficient (Wildman–Crippen LogP) is 0.316. The van der Waals surface area contributed by atoms with E-state index in [-0.39, 0.29) is 5.95 Å². The molecule has 2 aromatic heterocycles. The highest BCUT2D eigenvalue weighted by molar-refractivity contribution is 5.52. The number of aromatic amines is 1. The van der Waals surface area contributed by atoms with Gasteiger partial charge in [0.2, 0.25) is 5.95 Å². The van der Waals surface area contributed by atoms with E-state index in [4.69, 9.17) is 10.2 Å². The zero-order valence-electron chi connectivity index (χ0n) is 7.44. The van der Waals surface area contributed by atoms with Gasteiger partial charge in [-0.25, -0.2) is 4.79 Å². The zero-order valence-corrected chi connectivity index (χ0v) is 7.44. The maximum atomic E-state index is 11.0. The van der Waals surface area contributed by atoms with E-state index in [0.717, 1.165) is 5.56 Å². The topological polar surface area (TPSA) is 97.8 Å². The molecule has 2 rings (SSSR count). The fourth-order valence-electron chi connectivity index (χ4n) is 1.12. The zero-order chi connectivity index (χ0) is 10.1. The number of anilines is 1. The lowest BCUT2D eigenvalue weighted by atomic mass is 10.3. The number of H-pyrrole nitrogens is 1. The van der Waals surface area contributed by atoms with E-state index < -0.39 is 5.69 Å². The van der Waals surface area contributed by atoms with E-state index in [0.29, 0.717) is 11.6 Å². The van der Waals surface area contributed by atoms with Crippen molar-refractivity contribution < 1.29 is 4.42 Å². The van der Waals surface area contributed by atoms with E-state index in [1.54, 1.807) is 6.07 Å². The second-order valence-corrected chi connectivity index (χ2v) is 2.79. The molecule has 0 atom stereocenters. The Morgan fingerprint density at radius 2 is 2.29 bits per heavy atom. The van der Waals surface area contributed by atoms with Crippen molar-refractivity contribution in [2.75, 3.05) is 5.73 Å². The van der Waals surface area contributed by atoms with Crippen LogP contribution in [0.1, 0.15) is 5.56 Å². The molecule has 6 nitrogen and oxygen atoms in total. The smallest absolute Gasteiger partial charge is 0.349 e. The van der Waals surface area contributed by atoms with Crippen molar-refractivity contribution >= 4 is 5.95 Å². The van der Waals surface area contributed by atoms with Crippen LogP contribution in [0.2, 0.25) is 0 Å². The molecule has 0 spiro atoms. The van der Waals surface area contributed by atoms with Crippen LogP contribution in [0.4, 0.5) is 5.95 Å². The fraction of sp³-hybridized carbons (Fsp3) is 0.125. The van der Waals surface area contributed by atoms with Crippen molar-refractivity contribution in [2.24, 2.45) is 0 Å². The second-order valence-electron chi connectivity index (χ2n) is 2.79. The molecule has 0 aliphatic rings. The highest BCUT2D eigenvalue weighted by Crippen LogP contribution is 2.19. The highest BCUT2D eigenvalue weighted by Gasteiger charge is 2.09. The fourth-order valence-corrected chi connectivity index (χ4v) is 1.12. The van der Waals surface area contributed by atoms with Gasteiger partial charge in [0.15, 0.2) is 11.6 Å². The number of nitrogens with one attached hydrogen (secondary N) is 1. The number of nitrogens with two attached hydrogens (primary N) is 1. The van der Waals surface area contributed by atoms with Crippen LogP contribution in [0.3, 0.4) is 0 Å². The van der Waals surface area contributed by atoms with Gasteiger partial charge < -0.3 is 10.2 Å². The maximum Gasteiger partial charge on any atom is 0.349 e. The Hall–Kier alpha value is -2.11. The Labute approximate surface area is 78.8 Å². The molecule has 0 bridgehead atoms. The van der Waals surface area contributed by atoms with Crippen LogP contribution in [0.15, 0.2) is 21.5 Å². The number of rotatable bonds is 1. The average Bonchev–Trinajstić information content (AvgIpc) is 2.49. The first-order chi connectivity index (χ1) is 6.66. The third-order valence-corrected chi connectivity index (χ3v) is 1.74. The van der Waals surface area contributed by atoms with Gasteiger partial charge in [0.1, 0.15) is 0 Å². The Morgan fingerprint density at radius 3 is 2.86 bits per heavy atom. The third kappa shape index (κ3) is 1.37. The van der Waals surface area contributed by atoms with Crippen molar-refractivity contribution in [2.45, 2.75) is 6.92 Å². The third-order valence-electron chi connectivity index (χ3n) is 1.74. The standard InChI is InChI=1S/C8H8N4O2/c1-4-2-3-14-5(4)6-10-7(9)12-8(13)11-6/h2-3H,1H3,(H3,9,10,11,12,13). The molecule has 0 aliphatic carbocycles. The molecule has 2 heterocycles. The Morgan fingerprint density at radius 1 is 1.50 bits per heavy atom. The summed E-state index contributed by atoms with van der Waals surface area (Å²) in [6.07, 6.45) is 1.52. The van der Waals surface area contributed by atoms with Gasteiger partial charge in [-0.3, -0.25) is 4.98 Å². The summed E-state index contributed by atoms with van der Waals surface area (Å²) < 4.78 is 5.14. The van der Waals surface area contributed by atoms with E-state index in [1.807, 2.05) is 6.92 Å². The molecule has 0 saturated heterocycles. The van der Waals surface area contributed by atoms with Crippen LogP contribution in [0.5, 0.6) is 0 Å². The van der Waals surface area contributed by atoms with Crippen LogP contribution in [-0.4, -0.2) is 15.0 Å². The Bertz CT molecular complexity index is 514. The molecule has 0 aromatic carbocycles. The molecule has 72 valence electrons. The molecule has 3 N–H and O–H groups in total. The summed E-state index contributed by atoms with van der Waals surface area (Å²) in [6, 6.07) is 1.77. The van der Waals surface area contributed by atoms with Crippen molar-refractivity contribution in [3.05, 3.63) is 28.4 Å². The second kappa shape index (κ2) is 2.99. The summed E-state index contributed by atoms with van der Waals surface area (Å²) in [4.78, 5) is 20.7. The van der Waals surface area contributed by atoms with Crippen LogP contribution in [0, 0.1) is 6.92 Å². The normalized spacial score (nSPS) is 10.4. The lowest BCUT2D eigenvalue weighted by Crippen LogP contribution is -2.15. The summed E-state index contributed by atoms with van der Waals surface area (Å²) in [5, 5.41) is 0. The van der Waals surface area contributed by atoms with E-state index in [9.17, 15) is 4.79 Å². The van der Waals surface area contributed by atoms with Gasteiger partial charge in [0.05, 0.1) is 6.26 Å². The van der Waals surface area contributed by atoms with Crippen molar-refractivity contribution in [3.8, 4) is 11.6 Å². The van der Waals surface area contributed by atoms with Gasteiger partial charge >= 0.3 is 5.69 Å². The number of aromatic nitrogens is 3. The van der Waals surface area contributed by atoms with Crippen molar-refractivity contribution in [1.29, 1.82) is 0 Å². The first kappa shape index (κ1) is 8.49. The minimum atomic E-state index is -0.539. The van der Waals surface area contributed by atoms with Gasteiger partial charge in [0, 0.05) is 0 Å². The van der Waals surface area contributed by atoms with Gasteiger partial charge in [0.25, 0.3) is 0 Å². The highest BCUT2D eigenvalue weighted by atomic mass is 16.3. The molecule has 0 unspecified atom stereocenters. The molecule has 14 heavy (non-hydrogen) atoms. The maximum absolute atomic E-state index is 11.0. The quantitative estimate of drug-likeness (QED) is 0.677. The molecular weight excluding hydrogens is 184 g/mol. The number of nitrogen functional groups attached to an aromatic ring is 1. The van der Waals surface area contributed by atoms with Gasteiger partial charge in [-0.05, 0) is 18.6 Å². The van der Waals surface area contributed by atoms with Crippen molar-refractivity contribution in [3.63, 3.8) is 0 Å². The number of aryl methyl sites for hydroxylation is 1. The van der Waals surface area contributed by atoms with Gasteiger partial charge in [-0.1, -0.05) is 0 Å². The van der Waals surface area contributed by atoms with Crippen LogP contribution in [0.25, 0.3) is 11.6 Å². The van der Waals surface area contributed by atoms with Crippen LogP contribution < -0.4 is 11.4 Å². The molecule has 0 radical (unpaired) electrons. The lowest BCUT2D eigenvalue weighted by Gasteiger charge is -1.97. The Kier molecular flexibility index (Phi) is 1.81. The van der Waals surface area contributed by atoms with E-state index in [1.165, 1.54) is 6.26 Å². The summed E-state index contributed by atoms with van der Waals surface area (Å²) in [7, 11) is 0. The largest absolute Gasteiger partial charge is 0.461 e. The van der Waals surface area contributed by atoms with Crippen LogP contribution in [-0.2, 0) is 0 Å². The molecule has 0 fully saturated rings. The number of hydrogen-bond donors (Lipinski definition) is 2. The van der Waals surface area contributed by atoms with E-state index in [2.05, 4.69) is 15.0 Å². The minimum absolute atomic E-state index is 0.0699. The van der Waals surface area contributed by atoms with E-state index >= 15 is 0 Å². The minimum Gasteiger partial charge on any atom is -0.461 e. The molecule has 0 saturated carbocycles. The first-order valence-corrected chi connectivity index (χ1v) is 3.95. The molecule has 2 aromatic rings. The summed E-state index contributed by atoms with van der Waals surface area (Å²) >= 11 is 0. The SMILES string of the molecule is Cc1ccoc1-c1nc(N)nc(=O)[nH]1. The van der Waals surface area contributed by atoms with Crippen molar-refractivity contribution in [1.82, 2.24) is 15.0 Å². The number of nitrogens with zero attached hydrogens (tertiary/aromatic N) is 2.